The van der Waals surface area contributed by atoms with Gasteiger partial charge >= 0.3 is 6.18 Å². The lowest BCUT2D eigenvalue weighted by molar-refractivity contribution is -0.137. The van der Waals surface area contributed by atoms with Crippen LogP contribution >= 0.6 is 11.6 Å². The first-order chi connectivity index (χ1) is 17.2. The van der Waals surface area contributed by atoms with E-state index in [1.807, 2.05) is 13.8 Å². The molecular weight excluding hydrogens is 515 g/mol. The van der Waals surface area contributed by atoms with E-state index in [1.54, 1.807) is 4.90 Å². The highest BCUT2D eigenvalue weighted by Crippen LogP contribution is 2.35. The molecule has 3 amide bonds. The standard InChI is InChI=1S/C24H29ClF3N5O4/c1-23(2,37-3)11-33(22(36)19-18(20(29)34)30-12-31-19)15-7-4-13(5-8-15)21(35)32-17-10-14(24(26,27)28)6-9-16(17)25/h6,9-10,12-13,15H,4-5,7-8,11H2,1-3H3,(H2,29,34)(H,30,31)(H,32,35). The number of alkyl halides is 3. The summed E-state index contributed by atoms with van der Waals surface area (Å²) >= 11 is 6.01. The van der Waals surface area contributed by atoms with Crippen LogP contribution < -0.4 is 11.1 Å². The van der Waals surface area contributed by atoms with Crippen molar-refractivity contribution in [3.05, 3.63) is 46.5 Å². The molecule has 13 heteroatoms. The molecule has 1 heterocycles. The molecular formula is C24H29ClF3N5O4. The summed E-state index contributed by atoms with van der Waals surface area (Å²) in [6, 6.07) is 2.46. The van der Waals surface area contributed by atoms with Crippen LogP contribution in [-0.2, 0) is 15.7 Å². The number of aromatic amines is 1. The van der Waals surface area contributed by atoms with E-state index in [-0.39, 0.29) is 34.7 Å². The van der Waals surface area contributed by atoms with Gasteiger partial charge in [-0.15, -0.1) is 0 Å². The number of benzene rings is 1. The van der Waals surface area contributed by atoms with Crippen molar-refractivity contribution >= 4 is 35.0 Å². The molecule has 1 saturated carbocycles. The number of imidazole rings is 1. The lowest BCUT2D eigenvalue weighted by Gasteiger charge is -2.40. The molecule has 1 aliphatic rings. The van der Waals surface area contributed by atoms with Gasteiger partial charge in [0.1, 0.15) is 5.69 Å². The third kappa shape index (κ3) is 6.80. The molecule has 0 spiro atoms. The molecule has 0 saturated heterocycles. The van der Waals surface area contributed by atoms with Crippen molar-refractivity contribution in [3.63, 3.8) is 0 Å². The second kappa shape index (κ2) is 11.1. The fourth-order valence-electron chi connectivity index (χ4n) is 4.31. The largest absolute Gasteiger partial charge is 0.416 e. The summed E-state index contributed by atoms with van der Waals surface area (Å²) in [7, 11) is 1.52. The second-order valence-corrected chi connectivity index (χ2v) is 9.98. The van der Waals surface area contributed by atoms with Gasteiger partial charge < -0.3 is 25.7 Å². The number of H-pyrrole nitrogens is 1. The number of carbonyl (C=O) groups is 3. The molecule has 37 heavy (non-hydrogen) atoms. The van der Waals surface area contributed by atoms with Crippen molar-refractivity contribution < 1.29 is 32.3 Å². The number of hydrogen-bond acceptors (Lipinski definition) is 5. The highest BCUT2D eigenvalue weighted by Gasteiger charge is 2.37. The van der Waals surface area contributed by atoms with Crippen molar-refractivity contribution in [2.24, 2.45) is 11.7 Å². The minimum Gasteiger partial charge on any atom is -0.377 e. The van der Waals surface area contributed by atoms with Gasteiger partial charge in [-0.25, -0.2) is 4.98 Å². The Morgan fingerprint density at radius 3 is 2.43 bits per heavy atom. The highest BCUT2D eigenvalue weighted by molar-refractivity contribution is 6.33. The molecule has 0 radical (unpaired) electrons. The lowest BCUT2D eigenvalue weighted by atomic mass is 9.84. The lowest BCUT2D eigenvalue weighted by Crippen LogP contribution is -2.50. The molecule has 9 nitrogen and oxygen atoms in total. The van der Waals surface area contributed by atoms with Crippen LogP contribution in [0.15, 0.2) is 24.5 Å². The molecule has 202 valence electrons. The van der Waals surface area contributed by atoms with E-state index >= 15 is 0 Å². The fraction of sp³-hybridized carbons (Fsp3) is 0.500. The predicted molar refractivity (Wildman–Crippen MR) is 130 cm³/mol. The number of ether oxygens (including phenoxy) is 1. The Balaban J connectivity index is 1.73. The number of nitrogens with two attached hydrogens (primary N) is 1. The molecule has 1 aliphatic carbocycles. The Hall–Kier alpha value is -3.12. The first-order valence-corrected chi connectivity index (χ1v) is 12.0. The number of nitrogens with one attached hydrogen (secondary N) is 2. The maximum Gasteiger partial charge on any atom is 0.416 e. The summed E-state index contributed by atoms with van der Waals surface area (Å²) in [5, 5.41) is 2.51. The molecule has 0 bridgehead atoms. The molecule has 0 atom stereocenters. The Labute approximate surface area is 216 Å². The number of amides is 3. The third-order valence-corrected chi connectivity index (χ3v) is 6.84. The van der Waals surface area contributed by atoms with E-state index in [0.29, 0.717) is 25.7 Å². The zero-order valence-corrected chi connectivity index (χ0v) is 21.4. The average molecular weight is 544 g/mol. The van der Waals surface area contributed by atoms with Crippen LogP contribution in [0.3, 0.4) is 0 Å². The quantitative estimate of drug-likeness (QED) is 0.458. The molecule has 1 aromatic carbocycles. The van der Waals surface area contributed by atoms with Gasteiger partial charge in [-0.05, 0) is 57.7 Å². The van der Waals surface area contributed by atoms with Crippen molar-refractivity contribution in [3.8, 4) is 0 Å². The van der Waals surface area contributed by atoms with Crippen LogP contribution in [0.5, 0.6) is 0 Å². The SMILES string of the molecule is COC(C)(C)CN(C(=O)c1[nH]cnc1C(N)=O)C1CCC(C(=O)Nc2cc(C(F)(F)F)ccc2Cl)CC1. The normalized spacial score (nSPS) is 18.4. The molecule has 0 unspecified atom stereocenters. The number of halogens is 4. The monoisotopic (exact) mass is 543 g/mol. The van der Waals surface area contributed by atoms with Gasteiger partial charge in [0, 0.05) is 25.6 Å². The number of aromatic nitrogens is 2. The Bertz CT molecular complexity index is 1160. The van der Waals surface area contributed by atoms with Gasteiger partial charge in [0.2, 0.25) is 5.91 Å². The maximum atomic E-state index is 13.4. The molecule has 3 rings (SSSR count). The van der Waals surface area contributed by atoms with Crippen molar-refractivity contribution in [2.45, 2.75) is 57.3 Å². The molecule has 1 aromatic heterocycles. The zero-order chi connectivity index (χ0) is 27.5. The van der Waals surface area contributed by atoms with Crippen LogP contribution in [0.1, 0.15) is 66.1 Å². The average Bonchev–Trinajstić information content (AvgIpc) is 3.33. The summed E-state index contributed by atoms with van der Waals surface area (Å²) in [5.74, 6) is -2.24. The minimum atomic E-state index is -4.57. The summed E-state index contributed by atoms with van der Waals surface area (Å²) in [6.45, 7) is 3.82. The summed E-state index contributed by atoms with van der Waals surface area (Å²) in [6.07, 6.45) is -1.70. The Morgan fingerprint density at radius 2 is 1.86 bits per heavy atom. The van der Waals surface area contributed by atoms with E-state index in [0.717, 1.165) is 18.2 Å². The van der Waals surface area contributed by atoms with E-state index in [4.69, 9.17) is 22.1 Å². The first kappa shape index (κ1) is 28.5. The highest BCUT2D eigenvalue weighted by atomic mass is 35.5. The molecule has 4 N–H and O–H groups in total. The van der Waals surface area contributed by atoms with Gasteiger partial charge in [0.25, 0.3) is 11.8 Å². The van der Waals surface area contributed by atoms with Gasteiger partial charge in [-0.1, -0.05) is 11.6 Å². The number of hydrogen-bond donors (Lipinski definition) is 3. The molecule has 0 aliphatic heterocycles. The number of primary amides is 1. The van der Waals surface area contributed by atoms with Crippen LogP contribution in [-0.4, -0.2) is 57.9 Å². The third-order valence-electron chi connectivity index (χ3n) is 6.51. The Morgan fingerprint density at radius 1 is 1.22 bits per heavy atom. The maximum absolute atomic E-state index is 13.4. The topological polar surface area (TPSA) is 130 Å². The van der Waals surface area contributed by atoms with Gasteiger partial charge in [0.15, 0.2) is 5.69 Å². The van der Waals surface area contributed by atoms with Crippen LogP contribution in [0.4, 0.5) is 18.9 Å². The van der Waals surface area contributed by atoms with E-state index < -0.39 is 41.0 Å². The number of nitrogens with zero attached hydrogens (tertiary/aromatic N) is 2. The van der Waals surface area contributed by atoms with E-state index in [2.05, 4.69) is 15.3 Å². The van der Waals surface area contributed by atoms with E-state index in [9.17, 15) is 27.6 Å². The van der Waals surface area contributed by atoms with Gasteiger partial charge in [-0.2, -0.15) is 13.2 Å². The molecule has 1 fully saturated rings. The summed E-state index contributed by atoms with van der Waals surface area (Å²) in [5.41, 5.74) is 3.42. The van der Waals surface area contributed by atoms with Crippen LogP contribution in [0, 0.1) is 5.92 Å². The van der Waals surface area contributed by atoms with E-state index in [1.165, 1.54) is 13.4 Å². The van der Waals surface area contributed by atoms with Crippen molar-refractivity contribution in [1.29, 1.82) is 0 Å². The van der Waals surface area contributed by atoms with Crippen LogP contribution in [0.25, 0.3) is 0 Å². The number of methoxy groups -OCH3 is 1. The summed E-state index contributed by atoms with van der Waals surface area (Å²) < 4.78 is 44.7. The summed E-state index contributed by atoms with van der Waals surface area (Å²) in [4.78, 5) is 46.1. The minimum absolute atomic E-state index is 0.00147. The smallest absolute Gasteiger partial charge is 0.377 e. The first-order valence-electron chi connectivity index (χ1n) is 11.6. The second-order valence-electron chi connectivity index (χ2n) is 9.57. The van der Waals surface area contributed by atoms with Crippen molar-refractivity contribution in [1.82, 2.24) is 14.9 Å². The number of carbonyl (C=O) groups excluding carboxylic acids is 3. The fourth-order valence-corrected chi connectivity index (χ4v) is 4.48. The molecule has 2 aromatic rings. The predicted octanol–water partition coefficient (Wildman–Crippen LogP) is 4.25. The number of anilines is 1. The number of rotatable bonds is 8. The van der Waals surface area contributed by atoms with Crippen molar-refractivity contribution in [2.75, 3.05) is 19.0 Å². The Kier molecular flexibility index (Phi) is 8.53. The van der Waals surface area contributed by atoms with Crippen LogP contribution in [0.2, 0.25) is 5.02 Å². The van der Waals surface area contributed by atoms with Gasteiger partial charge in [0.05, 0.1) is 28.2 Å². The zero-order valence-electron chi connectivity index (χ0n) is 20.6. The van der Waals surface area contributed by atoms with Gasteiger partial charge in [-0.3, -0.25) is 14.4 Å².